The van der Waals surface area contributed by atoms with Crippen LogP contribution in [0.4, 0.5) is 0 Å². The molecule has 11 heavy (non-hydrogen) atoms. The van der Waals surface area contributed by atoms with Crippen molar-refractivity contribution in [3.05, 3.63) is 38.0 Å². The molecule has 2 nitrogen and oxygen atoms in total. The fourth-order valence-electron chi connectivity index (χ4n) is 0.619. The van der Waals surface area contributed by atoms with Crippen LogP contribution in [0.3, 0.4) is 0 Å². The summed E-state index contributed by atoms with van der Waals surface area (Å²) >= 11 is 0. The minimum absolute atomic E-state index is 0.384. The standard InChI is InChI=1S/C9H14O2/c1-4-7-11-9(6-3)8(10)5-2/h4-6,8-10H,1-3,7H2. The molecule has 0 fully saturated rings. The quantitative estimate of drug-likeness (QED) is 0.584. The molecule has 0 aliphatic rings. The van der Waals surface area contributed by atoms with Crippen LogP contribution in [0.25, 0.3) is 0 Å². The summed E-state index contributed by atoms with van der Waals surface area (Å²) in [6, 6.07) is 0. The minimum Gasteiger partial charge on any atom is -0.386 e. The van der Waals surface area contributed by atoms with Crippen molar-refractivity contribution in [2.24, 2.45) is 0 Å². The second-order valence-corrected chi connectivity index (χ2v) is 2.05. The second-order valence-electron chi connectivity index (χ2n) is 2.05. The first kappa shape index (κ1) is 10.1. The van der Waals surface area contributed by atoms with Gasteiger partial charge < -0.3 is 9.84 Å². The predicted molar refractivity (Wildman–Crippen MR) is 46.3 cm³/mol. The predicted octanol–water partition coefficient (Wildman–Crippen LogP) is 1.29. The molecule has 0 rings (SSSR count). The average molecular weight is 154 g/mol. The van der Waals surface area contributed by atoms with Gasteiger partial charge in [-0.1, -0.05) is 18.2 Å². The van der Waals surface area contributed by atoms with Crippen molar-refractivity contribution in [3.63, 3.8) is 0 Å². The number of ether oxygens (including phenoxy) is 1. The van der Waals surface area contributed by atoms with Crippen LogP contribution < -0.4 is 0 Å². The summed E-state index contributed by atoms with van der Waals surface area (Å²) in [6.45, 7) is 10.8. The van der Waals surface area contributed by atoms with Crippen molar-refractivity contribution < 1.29 is 9.84 Å². The van der Waals surface area contributed by atoms with Crippen LogP contribution >= 0.6 is 0 Å². The molecule has 0 spiro atoms. The molecule has 2 atom stereocenters. The lowest BCUT2D eigenvalue weighted by molar-refractivity contribution is 0.0255. The van der Waals surface area contributed by atoms with E-state index in [1.54, 1.807) is 6.08 Å². The van der Waals surface area contributed by atoms with E-state index in [0.717, 1.165) is 0 Å². The van der Waals surface area contributed by atoms with Crippen LogP contribution in [-0.4, -0.2) is 23.9 Å². The Morgan fingerprint density at radius 2 is 1.91 bits per heavy atom. The Labute approximate surface area is 67.5 Å². The highest BCUT2D eigenvalue weighted by molar-refractivity contribution is 4.95. The van der Waals surface area contributed by atoms with E-state index in [1.165, 1.54) is 12.2 Å². The van der Waals surface area contributed by atoms with E-state index in [9.17, 15) is 5.11 Å². The van der Waals surface area contributed by atoms with Crippen molar-refractivity contribution in [3.8, 4) is 0 Å². The van der Waals surface area contributed by atoms with Gasteiger partial charge >= 0.3 is 0 Å². The number of hydrogen-bond donors (Lipinski definition) is 1. The van der Waals surface area contributed by atoms with E-state index in [-0.39, 0.29) is 6.10 Å². The summed E-state index contributed by atoms with van der Waals surface area (Å²) in [4.78, 5) is 0. The molecule has 0 aliphatic carbocycles. The van der Waals surface area contributed by atoms with Gasteiger partial charge in [0.25, 0.3) is 0 Å². The summed E-state index contributed by atoms with van der Waals surface area (Å²) in [5.41, 5.74) is 0. The van der Waals surface area contributed by atoms with Gasteiger partial charge in [-0.25, -0.2) is 0 Å². The van der Waals surface area contributed by atoms with Crippen LogP contribution in [0.2, 0.25) is 0 Å². The maximum absolute atomic E-state index is 9.20. The molecular weight excluding hydrogens is 140 g/mol. The number of aliphatic hydroxyl groups excluding tert-OH is 1. The first-order valence-electron chi connectivity index (χ1n) is 3.42. The third kappa shape index (κ3) is 3.75. The van der Waals surface area contributed by atoms with E-state index < -0.39 is 6.10 Å². The van der Waals surface area contributed by atoms with E-state index >= 15 is 0 Å². The van der Waals surface area contributed by atoms with Crippen LogP contribution in [0, 0.1) is 0 Å². The van der Waals surface area contributed by atoms with Gasteiger partial charge in [0, 0.05) is 0 Å². The summed E-state index contributed by atoms with van der Waals surface area (Å²) in [5.74, 6) is 0. The van der Waals surface area contributed by atoms with Crippen LogP contribution in [-0.2, 0) is 4.74 Å². The lowest BCUT2D eigenvalue weighted by Gasteiger charge is -2.15. The van der Waals surface area contributed by atoms with E-state index in [4.69, 9.17) is 4.74 Å². The Kier molecular flexibility index (Phi) is 5.43. The number of hydrogen-bond acceptors (Lipinski definition) is 2. The Bertz CT molecular complexity index is 140. The highest BCUT2D eigenvalue weighted by Crippen LogP contribution is 2.01. The molecule has 62 valence electrons. The molecule has 0 bridgehead atoms. The van der Waals surface area contributed by atoms with Crippen LogP contribution in [0.15, 0.2) is 38.0 Å². The molecule has 0 saturated heterocycles. The zero-order valence-electron chi connectivity index (χ0n) is 6.57. The summed E-state index contributed by atoms with van der Waals surface area (Å²) < 4.78 is 5.14. The number of aliphatic hydroxyl groups is 1. The average Bonchev–Trinajstić information content (AvgIpc) is 2.05. The van der Waals surface area contributed by atoms with E-state index in [2.05, 4.69) is 19.7 Å². The molecule has 0 aliphatic heterocycles. The third-order valence-corrected chi connectivity index (χ3v) is 1.22. The molecule has 0 saturated carbocycles. The molecule has 2 unspecified atom stereocenters. The first-order valence-corrected chi connectivity index (χ1v) is 3.42. The molecule has 2 heteroatoms. The molecule has 0 aromatic heterocycles. The van der Waals surface area contributed by atoms with Gasteiger partial charge in [-0.2, -0.15) is 0 Å². The highest BCUT2D eigenvalue weighted by Gasteiger charge is 2.11. The van der Waals surface area contributed by atoms with Crippen molar-refractivity contribution >= 4 is 0 Å². The van der Waals surface area contributed by atoms with Gasteiger partial charge in [0.1, 0.15) is 12.2 Å². The Balaban J connectivity index is 3.82. The molecule has 0 aromatic carbocycles. The van der Waals surface area contributed by atoms with Crippen molar-refractivity contribution in [1.29, 1.82) is 0 Å². The fourth-order valence-corrected chi connectivity index (χ4v) is 0.619. The number of rotatable bonds is 6. The topological polar surface area (TPSA) is 29.5 Å². The van der Waals surface area contributed by atoms with Crippen molar-refractivity contribution in [1.82, 2.24) is 0 Å². The lowest BCUT2D eigenvalue weighted by Crippen LogP contribution is -2.24. The zero-order chi connectivity index (χ0) is 8.69. The molecule has 0 amide bonds. The van der Waals surface area contributed by atoms with E-state index in [0.29, 0.717) is 6.61 Å². The summed E-state index contributed by atoms with van der Waals surface area (Å²) in [5, 5.41) is 9.20. The zero-order valence-corrected chi connectivity index (χ0v) is 6.57. The third-order valence-electron chi connectivity index (χ3n) is 1.22. The summed E-state index contributed by atoms with van der Waals surface area (Å²) in [6.07, 6.45) is 3.50. The molecule has 0 aromatic rings. The molecule has 1 N–H and O–H groups in total. The van der Waals surface area contributed by atoms with E-state index in [1.807, 2.05) is 0 Å². The maximum Gasteiger partial charge on any atom is 0.105 e. The van der Waals surface area contributed by atoms with Crippen LogP contribution in [0.1, 0.15) is 0 Å². The molecular formula is C9H14O2. The highest BCUT2D eigenvalue weighted by atomic mass is 16.5. The van der Waals surface area contributed by atoms with Gasteiger partial charge in [0.15, 0.2) is 0 Å². The van der Waals surface area contributed by atoms with Crippen molar-refractivity contribution in [2.45, 2.75) is 12.2 Å². The van der Waals surface area contributed by atoms with Crippen molar-refractivity contribution in [2.75, 3.05) is 6.61 Å². The first-order chi connectivity index (χ1) is 5.26. The largest absolute Gasteiger partial charge is 0.386 e. The Hall–Kier alpha value is -0.860. The van der Waals surface area contributed by atoms with Gasteiger partial charge in [0.2, 0.25) is 0 Å². The minimum atomic E-state index is -0.688. The lowest BCUT2D eigenvalue weighted by atomic mass is 10.2. The monoisotopic (exact) mass is 154 g/mol. The summed E-state index contributed by atoms with van der Waals surface area (Å²) in [7, 11) is 0. The Morgan fingerprint density at radius 3 is 2.27 bits per heavy atom. The van der Waals surface area contributed by atoms with Gasteiger partial charge in [-0.15, -0.1) is 19.7 Å². The molecule has 0 radical (unpaired) electrons. The van der Waals surface area contributed by atoms with Gasteiger partial charge in [-0.3, -0.25) is 0 Å². The molecule has 0 heterocycles. The smallest absolute Gasteiger partial charge is 0.105 e. The van der Waals surface area contributed by atoms with Gasteiger partial charge in [-0.05, 0) is 0 Å². The SMILES string of the molecule is C=CCOC(C=C)C(O)C=C. The normalized spacial score (nSPS) is 15.0. The van der Waals surface area contributed by atoms with Gasteiger partial charge in [0.05, 0.1) is 6.61 Å². The Morgan fingerprint density at radius 1 is 1.27 bits per heavy atom. The second kappa shape index (κ2) is 5.89. The van der Waals surface area contributed by atoms with Crippen LogP contribution in [0.5, 0.6) is 0 Å². The fraction of sp³-hybridized carbons (Fsp3) is 0.333. The maximum atomic E-state index is 9.20.